The van der Waals surface area contributed by atoms with Gasteiger partial charge in [0.15, 0.2) is 11.6 Å². The molecule has 11 nitrogen and oxygen atoms in total. The Morgan fingerprint density at radius 2 is 2.02 bits per heavy atom. The van der Waals surface area contributed by atoms with Gasteiger partial charge < -0.3 is 30.7 Å². The smallest absolute Gasteiger partial charge is 0.225 e. The fourth-order valence-electron chi connectivity index (χ4n) is 4.68. The highest BCUT2D eigenvalue weighted by Gasteiger charge is 2.28. The molecular weight excluding hydrogens is 544 g/mol. The van der Waals surface area contributed by atoms with Crippen molar-refractivity contribution in [1.82, 2.24) is 25.3 Å². The minimum absolute atomic E-state index is 0.0963. The highest BCUT2D eigenvalue weighted by atomic mass is 35.5. The first-order valence-corrected chi connectivity index (χ1v) is 13.8. The van der Waals surface area contributed by atoms with Crippen molar-refractivity contribution >= 4 is 34.7 Å². The minimum Gasteiger partial charge on any atom is -0.491 e. The molecule has 4 N–H and O–H groups in total. The van der Waals surface area contributed by atoms with Crippen molar-refractivity contribution in [2.75, 3.05) is 43.6 Å². The molecule has 0 amide bonds. The third-order valence-electron chi connectivity index (χ3n) is 6.92. The van der Waals surface area contributed by atoms with Crippen LogP contribution in [-0.2, 0) is 17.9 Å². The molecule has 0 fully saturated rings. The molecule has 0 radical (unpaired) electrons. The molecule has 0 bridgehead atoms. The van der Waals surface area contributed by atoms with E-state index in [-0.39, 0.29) is 12.4 Å². The Kier molecular flexibility index (Phi) is 9.42. The van der Waals surface area contributed by atoms with Gasteiger partial charge in [0.1, 0.15) is 24.3 Å². The number of anilines is 2. The predicted octanol–water partition coefficient (Wildman–Crippen LogP) is 3.11. The maximum Gasteiger partial charge on any atom is 0.225 e. The van der Waals surface area contributed by atoms with E-state index < -0.39 is 6.10 Å². The number of Topliss-reactive ketones (excluding diaryl/α,β-unsaturated/α-hetero) is 1. The number of aromatic nitrogens is 4. The van der Waals surface area contributed by atoms with Crippen LogP contribution in [0, 0.1) is 6.92 Å². The lowest BCUT2D eigenvalue weighted by Gasteiger charge is -2.22. The average molecular weight is 581 g/mol. The zero-order valence-electron chi connectivity index (χ0n) is 24.3. The van der Waals surface area contributed by atoms with Crippen LogP contribution in [0.25, 0.3) is 17.0 Å². The first-order chi connectivity index (χ1) is 19.5. The van der Waals surface area contributed by atoms with Crippen molar-refractivity contribution in [3.63, 3.8) is 0 Å². The van der Waals surface area contributed by atoms with E-state index in [1.165, 1.54) is 6.92 Å². The monoisotopic (exact) mass is 580 g/mol. The van der Waals surface area contributed by atoms with Crippen LogP contribution >= 0.6 is 11.6 Å². The van der Waals surface area contributed by atoms with E-state index in [1.807, 2.05) is 32.0 Å². The van der Waals surface area contributed by atoms with Gasteiger partial charge in [-0.05, 0) is 52.9 Å². The van der Waals surface area contributed by atoms with Gasteiger partial charge in [0, 0.05) is 55.3 Å². The SMILES string of the molecule is CCN(C)c1ncc2c(n1)CN(c1nc(-c3cc(OC[C@H](O)CNC)ccc3Cl)nc(C(C(C)=O)=C(C)N)c1C)C2. The van der Waals surface area contributed by atoms with Gasteiger partial charge in [-0.1, -0.05) is 11.6 Å². The summed E-state index contributed by atoms with van der Waals surface area (Å²) >= 11 is 6.65. The Labute approximate surface area is 245 Å². The van der Waals surface area contributed by atoms with Gasteiger partial charge in [-0.2, -0.15) is 0 Å². The van der Waals surface area contributed by atoms with Crippen LogP contribution in [0.2, 0.25) is 5.02 Å². The van der Waals surface area contributed by atoms with Crippen LogP contribution in [0.1, 0.15) is 43.3 Å². The lowest BCUT2D eigenvalue weighted by atomic mass is 10.0. The number of aliphatic hydroxyl groups is 1. The maximum atomic E-state index is 12.7. The number of carbonyl (C=O) groups excluding carboxylic acids is 1. The molecule has 1 aromatic carbocycles. The molecule has 41 heavy (non-hydrogen) atoms. The number of rotatable bonds is 11. The molecule has 2 aromatic heterocycles. The predicted molar refractivity (Wildman–Crippen MR) is 161 cm³/mol. The lowest BCUT2D eigenvalue weighted by molar-refractivity contribution is -0.111. The summed E-state index contributed by atoms with van der Waals surface area (Å²) in [5.74, 6) is 1.92. The zero-order valence-corrected chi connectivity index (χ0v) is 25.1. The van der Waals surface area contributed by atoms with Gasteiger partial charge in [-0.25, -0.2) is 19.9 Å². The molecule has 1 aliphatic rings. The molecule has 0 saturated carbocycles. The molecule has 1 aliphatic heterocycles. The summed E-state index contributed by atoms with van der Waals surface area (Å²) in [7, 11) is 3.71. The van der Waals surface area contributed by atoms with Crippen molar-refractivity contribution in [2.45, 2.75) is 46.9 Å². The number of fused-ring (bicyclic) bond motifs is 1. The Hall–Kier alpha value is -3.80. The molecule has 4 rings (SSSR count). The van der Waals surface area contributed by atoms with Crippen LogP contribution in [0.5, 0.6) is 5.75 Å². The Morgan fingerprint density at radius 1 is 1.27 bits per heavy atom. The number of hydrogen-bond donors (Lipinski definition) is 3. The van der Waals surface area contributed by atoms with E-state index in [0.29, 0.717) is 76.1 Å². The highest BCUT2D eigenvalue weighted by molar-refractivity contribution is 6.33. The molecular formula is C29H37ClN8O3. The number of hydrogen-bond acceptors (Lipinski definition) is 11. The van der Waals surface area contributed by atoms with Crippen molar-refractivity contribution in [1.29, 1.82) is 0 Å². The number of nitrogens with one attached hydrogen (secondary N) is 1. The van der Waals surface area contributed by atoms with Gasteiger partial charge in [-0.15, -0.1) is 0 Å². The van der Waals surface area contributed by atoms with Crippen LogP contribution in [0.4, 0.5) is 11.8 Å². The first-order valence-electron chi connectivity index (χ1n) is 13.5. The number of allylic oxidation sites excluding steroid dienone is 2. The van der Waals surface area contributed by atoms with E-state index in [1.54, 1.807) is 32.2 Å². The molecule has 12 heteroatoms. The summed E-state index contributed by atoms with van der Waals surface area (Å²) in [6, 6.07) is 5.15. The van der Waals surface area contributed by atoms with E-state index in [4.69, 9.17) is 37.0 Å². The number of aliphatic hydroxyl groups excluding tert-OH is 1. The second-order valence-corrected chi connectivity index (χ2v) is 10.5. The molecule has 0 unspecified atom stereocenters. The molecule has 3 heterocycles. The zero-order chi connectivity index (χ0) is 29.8. The number of nitrogens with two attached hydrogens (primary N) is 1. The van der Waals surface area contributed by atoms with Gasteiger partial charge in [0.25, 0.3) is 0 Å². The summed E-state index contributed by atoms with van der Waals surface area (Å²) in [4.78, 5) is 35.9. The maximum absolute atomic E-state index is 12.7. The van der Waals surface area contributed by atoms with Crippen molar-refractivity contribution in [3.8, 4) is 17.1 Å². The number of ketones is 1. The van der Waals surface area contributed by atoms with Crippen molar-refractivity contribution in [2.24, 2.45) is 5.73 Å². The molecule has 0 saturated heterocycles. The second kappa shape index (κ2) is 12.8. The first kappa shape index (κ1) is 30.2. The summed E-state index contributed by atoms with van der Waals surface area (Å²) in [5.41, 5.74) is 10.5. The fraction of sp³-hybridized carbons (Fsp3) is 0.414. The normalized spacial score (nSPS) is 14.0. The van der Waals surface area contributed by atoms with Crippen LogP contribution in [-0.4, -0.2) is 70.7 Å². The summed E-state index contributed by atoms with van der Waals surface area (Å²) < 4.78 is 5.81. The van der Waals surface area contributed by atoms with Gasteiger partial charge in [-0.3, -0.25) is 4.79 Å². The number of benzene rings is 1. The number of halogens is 1. The van der Waals surface area contributed by atoms with E-state index in [2.05, 4.69) is 15.2 Å². The lowest BCUT2D eigenvalue weighted by Crippen LogP contribution is -2.29. The molecule has 0 aliphatic carbocycles. The standard InChI is InChI=1S/C29H37ClN8O3/c1-7-37(6)29-33-11-19-13-38(14-24(19)34-29)28-16(2)26(25(17(3)31)18(4)39)35-27(36-28)22-10-21(8-9-23(22)30)41-15-20(40)12-32-5/h8-11,20,32,40H,7,12-15,31H2,1-6H3/t20-/m1/s1. The van der Waals surface area contributed by atoms with Crippen LogP contribution < -0.4 is 25.6 Å². The van der Waals surface area contributed by atoms with Crippen LogP contribution in [0.3, 0.4) is 0 Å². The third kappa shape index (κ3) is 6.58. The average Bonchev–Trinajstić information content (AvgIpc) is 3.36. The van der Waals surface area contributed by atoms with E-state index >= 15 is 0 Å². The molecule has 1 atom stereocenters. The number of ether oxygens (including phenoxy) is 1. The topological polar surface area (TPSA) is 143 Å². The number of carbonyl (C=O) groups is 1. The molecule has 0 spiro atoms. The van der Waals surface area contributed by atoms with Crippen molar-refractivity contribution in [3.05, 3.63) is 57.6 Å². The van der Waals surface area contributed by atoms with Crippen LogP contribution in [0.15, 0.2) is 30.1 Å². The van der Waals surface area contributed by atoms with E-state index in [0.717, 1.165) is 17.8 Å². The molecule has 3 aromatic rings. The van der Waals surface area contributed by atoms with Gasteiger partial charge in [0.05, 0.1) is 28.5 Å². The number of likely N-dealkylation sites (N-methyl/N-ethyl adjacent to an activating group) is 1. The Bertz CT molecular complexity index is 1470. The molecule has 218 valence electrons. The quantitative estimate of drug-likeness (QED) is 0.288. The minimum atomic E-state index is -0.679. The fourth-order valence-corrected chi connectivity index (χ4v) is 4.88. The summed E-state index contributed by atoms with van der Waals surface area (Å²) in [5, 5.41) is 13.4. The number of nitrogens with zero attached hydrogens (tertiary/aromatic N) is 6. The summed E-state index contributed by atoms with van der Waals surface area (Å²) in [6.07, 6.45) is 1.18. The van der Waals surface area contributed by atoms with E-state index in [9.17, 15) is 9.90 Å². The van der Waals surface area contributed by atoms with Gasteiger partial charge in [0.2, 0.25) is 5.95 Å². The summed E-state index contributed by atoms with van der Waals surface area (Å²) in [6.45, 7) is 9.42. The Morgan fingerprint density at radius 3 is 2.68 bits per heavy atom. The van der Waals surface area contributed by atoms with Gasteiger partial charge >= 0.3 is 0 Å². The third-order valence-corrected chi connectivity index (χ3v) is 7.25. The Balaban J connectivity index is 1.81. The highest BCUT2D eigenvalue weighted by Crippen LogP contribution is 2.36. The second-order valence-electron chi connectivity index (χ2n) is 10.1. The van der Waals surface area contributed by atoms with Crippen molar-refractivity contribution < 1.29 is 14.6 Å². The largest absolute Gasteiger partial charge is 0.491 e.